The van der Waals surface area contributed by atoms with E-state index in [2.05, 4.69) is 5.32 Å². The average molecular weight is 351 g/mol. The molecule has 132 valence electrons. The van der Waals surface area contributed by atoms with Crippen LogP contribution in [-0.4, -0.2) is 13.0 Å². The second-order valence-electron chi connectivity index (χ2n) is 5.56. The number of methoxy groups -OCH3 is 1. The maximum atomic E-state index is 13.5. The van der Waals surface area contributed by atoms with Crippen LogP contribution >= 0.6 is 0 Å². The molecule has 0 aliphatic rings. The average Bonchev–Trinajstić information content (AvgIpc) is 2.67. The van der Waals surface area contributed by atoms with Crippen LogP contribution in [-0.2, 0) is 6.61 Å². The Kier molecular flexibility index (Phi) is 5.49. The summed E-state index contributed by atoms with van der Waals surface area (Å²) in [5, 5.41) is 2.82. The molecule has 0 radical (unpaired) electrons. The van der Waals surface area contributed by atoms with Crippen molar-refractivity contribution < 1.29 is 18.7 Å². The minimum Gasteiger partial charge on any atom is -0.496 e. The van der Waals surface area contributed by atoms with Gasteiger partial charge in [-0.25, -0.2) is 4.39 Å². The van der Waals surface area contributed by atoms with Gasteiger partial charge in [-0.2, -0.15) is 0 Å². The van der Waals surface area contributed by atoms with Crippen molar-refractivity contribution in [1.29, 1.82) is 0 Å². The first kappa shape index (κ1) is 17.5. The van der Waals surface area contributed by atoms with E-state index in [1.54, 1.807) is 42.5 Å². The van der Waals surface area contributed by atoms with E-state index < -0.39 is 0 Å². The SMILES string of the molecule is COc1ccc(F)cc1COc1ccccc1C(=O)Nc1ccccc1. The van der Waals surface area contributed by atoms with Crippen molar-refractivity contribution in [1.82, 2.24) is 0 Å². The van der Waals surface area contributed by atoms with Gasteiger partial charge < -0.3 is 14.8 Å². The maximum Gasteiger partial charge on any atom is 0.259 e. The first-order valence-electron chi connectivity index (χ1n) is 8.08. The number of anilines is 1. The number of amides is 1. The van der Waals surface area contributed by atoms with Gasteiger partial charge in [-0.3, -0.25) is 4.79 Å². The first-order chi connectivity index (χ1) is 12.7. The van der Waals surface area contributed by atoms with E-state index in [0.717, 1.165) is 0 Å². The van der Waals surface area contributed by atoms with Crippen LogP contribution in [0, 0.1) is 5.82 Å². The van der Waals surface area contributed by atoms with Gasteiger partial charge >= 0.3 is 0 Å². The zero-order valence-electron chi connectivity index (χ0n) is 14.2. The quantitative estimate of drug-likeness (QED) is 0.702. The fourth-order valence-electron chi connectivity index (χ4n) is 2.52. The molecule has 0 saturated carbocycles. The van der Waals surface area contributed by atoms with Crippen molar-refractivity contribution in [3.63, 3.8) is 0 Å². The predicted molar refractivity (Wildman–Crippen MR) is 98.1 cm³/mol. The lowest BCUT2D eigenvalue weighted by Gasteiger charge is -2.13. The Morgan fingerprint density at radius 1 is 0.962 bits per heavy atom. The monoisotopic (exact) mass is 351 g/mol. The third kappa shape index (κ3) is 4.19. The highest BCUT2D eigenvalue weighted by Crippen LogP contribution is 2.24. The van der Waals surface area contributed by atoms with Crippen molar-refractivity contribution in [2.24, 2.45) is 0 Å². The normalized spacial score (nSPS) is 10.2. The molecule has 3 aromatic carbocycles. The molecule has 1 N–H and O–H groups in total. The van der Waals surface area contributed by atoms with E-state index in [0.29, 0.717) is 28.3 Å². The smallest absolute Gasteiger partial charge is 0.259 e. The molecule has 1 amide bonds. The number of hydrogen-bond donors (Lipinski definition) is 1. The zero-order chi connectivity index (χ0) is 18.4. The first-order valence-corrected chi connectivity index (χ1v) is 8.08. The van der Waals surface area contributed by atoms with Crippen LogP contribution in [0.15, 0.2) is 72.8 Å². The minimum absolute atomic E-state index is 0.0799. The molecular formula is C21H18FNO3. The molecule has 4 nitrogen and oxygen atoms in total. The number of hydrogen-bond acceptors (Lipinski definition) is 3. The molecule has 0 unspecified atom stereocenters. The van der Waals surface area contributed by atoms with Crippen molar-refractivity contribution in [3.05, 3.63) is 89.7 Å². The second-order valence-corrected chi connectivity index (χ2v) is 5.56. The Morgan fingerprint density at radius 3 is 2.46 bits per heavy atom. The number of para-hydroxylation sites is 2. The topological polar surface area (TPSA) is 47.6 Å². The molecular weight excluding hydrogens is 333 g/mol. The van der Waals surface area contributed by atoms with Crippen molar-refractivity contribution in [2.75, 3.05) is 12.4 Å². The van der Waals surface area contributed by atoms with Crippen molar-refractivity contribution in [3.8, 4) is 11.5 Å². The van der Waals surface area contributed by atoms with E-state index in [4.69, 9.17) is 9.47 Å². The van der Waals surface area contributed by atoms with E-state index in [9.17, 15) is 9.18 Å². The molecule has 3 rings (SSSR count). The lowest BCUT2D eigenvalue weighted by atomic mass is 10.1. The summed E-state index contributed by atoms with van der Waals surface area (Å²) >= 11 is 0. The van der Waals surface area contributed by atoms with Gasteiger partial charge in [-0.05, 0) is 42.5 Å². The number of ether oxygens (including phenoxy) is 2. The maximum absolute atomic E-state index is 13.5. The second kappa shape index (κ2) is 8.16. The molecule has 0 heterocycles. The molecule has 3 aromatic rings. The minimum atomic E-state index is -0.375. The van der Waals surface area contributed by atoms with Gasteiger partial charge in [0.15, 0.2) is 0 Å². The van der Waals surface area contributed by atoms with Gasteiger partial charge in [0, 0.05) is 11.3 Å². The van der Waals surface area contributed by atoms with Gasteiger partial charge in [-0.1, -0.05) is 30.3 Å². The van der Waals surface area contributed by atoms with Gasteiger partial charge in [0.2, 0.25) is 0 Å². The molecule has 0 atom stereocenters. The molecule has 0 spiro atoms. The molecule has 0 aliphatic carbocycles. The fourth-order valence-corrected chi connectivity index (χ4v) is 2.52. The third-order valence-electron chi connectivity index (χ3n) is 3.79. The number of rotatable bonds is 6. The zero-order valence-corrected chi connectivity index (χ0v) is 14.2. The van der Waals surface area contributed by atoms with Crippen LogP contribution < -0.4 is 14.8 Å². The standard InChI is InChI=1S/C21H18FNO3/c1-25-19-12-11-16(22)13-15(19)14-26-20-10-6-5-9-18(20)21(24)23-17-7-3-2-4-8-17/h2-13H,14H2,1H3,(H,23,24). The highest BCUT2D eigenvalue weighted by molar-refractivity contribution is 6.06. The van der Waals surface area contributed by atoms with E-state index in [-0.39, 0.29) is 18.3 Å². The summed E-state index contributed by atoms with van der Waals surface area (Å²) in [6, 6.07) is 20.3. The summed E-state index contributed by atoms with van der Waals surface area (Å²) in [7, 11) is 1.51. The highest BCUT2D eigenvalue weighted by Gasteiger charge is 2.13. The van der Waals surface area contributed by atoms with Gasteiger partial charge in [0.1, 0.15) is 23.9 Å². The van der Waals surface area contributed by atoms with Crippen molar-refractivity contribution >= 4 is 11.6 Å². The largest absolute Gasteiger partial charge is 0.496 e. The van der Waals surface area contributed by atoms with Crippen molar-refractivity contribution in [2.45, 2.75) is 6.61 Å². The Morgan fingerprint density at radius 2 is 1.69 bits per heavy atom. The van der Waals surface area contributed by atoms with Crippen LogP contribution in [0.25, 0.3) is 0 Å². The molecule has 0 bridgehead atoms. The number of halogens is 1. The molecule has 0 fully saturated rings. The van der Waals surface area contributed by atoms with Crippen LogP contribution in [0.4, 0.5) is 10.1 Å². The summed E-state index contributed by atoms with van der Waals surface area (Å²) in [6.07, 6.45) is 0. The van der Waals surface area contributed by atoms with Crippen LogP contribution in [0.1, 0.15) is 15.9 Å². The molecule has 0 saturated heterocycles. The Labute approximate surface area is 151 Å². The van der Waals surface area contributed by atoms with E-state index in [1.807, 2.05) is 18.2 Å². The number of carbonyl (C=O) groups is 1. The molecule has 0 aliphatic heterocycles. The van der Waals surface area contributed by atoms with E-state index in [1.165, 1.54) is 19.2 Å². The Balaban J connectivity index is 1.77. The third-order valence-corrected chi connectivity index (χ3v) is 3.79. The summed E-state index contributed by atoms with van der Waals surface area (Å²) in [5.74, 6) is 0.280. The summed E-state index contributed by atoms with van der Waals surface area (Å²) in [6.45, 7) is 0.0799. The van der Waals surface area contributed by atoms with Crippen LogP contribution in [0.3, 0.4) is 0 Å². The number of nitrogens with one attached hydrogen (secondary N) is 1. The lowest BCUT2D eigenvalue weighted by molar-refractivity contribution is 0.102. The Hall–Kier alpha value is -3.34. The Bertz CT molecular complexity index is 897. The van der Waals surface area contributed by atoms with Gasteiger partial charge in [-0.15, -0.1) is 0 Å². The van der Waals surface area contributed by atoms with Crippen LogP contribution in [0.2, 0.25) is 0 Å². The van der Waals surface area contributed by atoms with Gasteiger partial charge in [0.25, 0.3) is 5.91 Å². The number of carbonyl (C=O) groups excluding carboxylic acids is 1. The highest BCUT2D eigenvalue weighted by atomic mass is 19.1. The summed E-state index contributed by atoms with van der Waals surface area (Å²) in [5.41, 5.74) is 1.65. The number of benzene rings is 3. The molecule has 26 heavy (non-hydrogen) atoms. The summed E-state index contributed by atoms with van der Waals surface area (Å²) in [4.78, 5) is 12.5. The predicted octanol–water partition coefficient (Wildman–Crippen LogP) is 4.67. The summed E-state index contributed by atoms with van der Waals surface area (Å²) < 4.78 is 24.5. The molecule has 0 aromatic heterocycles. The van der Waals surface area contributed by atoms with Crippen LogP contribution in [0.5, 0.6) is 11.5 Å². The molecule has 5 heteroatoms. The van der Waals surface area contributed by atoms with E-state index >= 15 is 0 Å². The van der Waals surface area contributed by atoms with Gasteiger partial charge in [0.05, 0.1) is 12.7 Å². The lowest BCUT2D eigenvalue weighted by Crippen LogP contribution is -2.13. The fraction of sp³-hybridized carbons (Fsp3) is 0.0952.